The monoisotopic (exact) mass is 217 g/mol. The maximum absolute atomic E-state index is 4.48. The van der Waals surface area contributed by atoms with Gasteiger partial charge in [0.25, 0.3) is 0 Å². The van der Waals surface area contributed by atoms with Crippen LogP contribution in [0, 0.1) is 12.8 Å². The largest absolute Gasteiger partial charge is 0.355 e. The van der Waals surface area contributed by atoms with Gasteiger partial charge in [0.15, 0.2) is 0 Å². The molecule has 0 aromatic carbocycles. The van der Waals surface area contributed by atoms with Gasteiger partial charge in [0.05, 0.1) is 0 Å². The summed E-state index contributed by atoms with van der Waals surface area (Å²) in [4.78, 5) is 6.91. The van der Waals surface area contributed by atoms with Crippen molar-refractivity contribution < 1.29 is 0 Å². The predicted molar refractivity (Wildman–Crippen MR) is 65.7 cm³/mol. The summed E-state index contributed by atoms with van der Waals surface area (Å²) in [7, 11) is 0. The lowest BCUT2D eigenvalue weighted by atomic mass is 9.94. The first-order chi connectivity index (χ1) is 7.83. The molecule has 3 rings (SSSR count). The Labute approximate surface area is 96.9 Å². The number of fused-ring (bicyclic) bond motifs is 1. The fraction of sp³-hybridized carbons (Fsp3) is 0.615. The highest BCUT2D eigenvalue weighted by atomic mass is 15.2. The van der Waals surface area contributed by atoms with Gasteiger partial charge < -0.3 is 10.2 Å². The van der Waals surface area contributed by atoms with Crippen molar-refractivity contribution in [3.63, 3.8) is 0 Å². The van der Waals surface area contributed by atoms with Gasteiger partial charge in [0.2, 0.25) is 0 Å². The molecular weight excluding hydrogens is 198 g/mol. The van der Waals surface area contributed by atoms with Crippen LogP contribution in [-0.4, -0.2) is 30.7 Å². The number of hydrogen-bond donors (Lipinski definition) is 1. The predicted octanol–water partition coefficient (Wildman–Crippen LogP) is 1.58. The summed E-state index contributed by atoms with van der Waals surface area (Å²) < 4.78 is 0. The molecule has 2 aliphatic rings. The molecule has 2 atom stereocenters. The quantitative estimate of drug-likeness (QED) is 0.774. The first-order valence-electron chi connectivity index (χ1n) is 6.24. The van der Waals surface area contributed by atoms with E-state index in [1.54, 1.807) is 0 Å². The number of aromatic nitrogens is 1. The van der Waals surface area contributed by atoms with Gasteiger partial charge in [0, 0.05) is 25.3 Å². The number of aryl methyl sites for hydroxylation is 1. The van der Waals surface area contributed by atoms with Crippen molar-refractivity contribution in [2.75, 3.05) is 24.5 Å². The lowest BCUT2D eigenvalue weighted by Crippen LogP contribution is -2.40. The molecule has 0 radical (unpaired) electrons. The molecule has 2 unspecified atom stereocenters. The molecule has 0 bridgehead atoms. The second-order valence-corrected chi connectivity index (χ2v) is 5.06. The minimum Gasteiger partial charge on any atom is -0.355 e. The average molecular weight is 217 g/mol. The molecule has 0 amide bonds. The molecule has 1 aromatic rings. The van der Waals surface area contributed by atoms with E-state index in [-0.39, 0.29) is 0 Å². The summed E-state index contributed by atoms with van der Waals surface area (Å²) >= 11 is 0. The van der Waals surface area contributed by atoms with Crippen molar-refractivity contribution in [2.45, 2.75) is 25.8 Å². The maximum atomic E-state index is 4.48. The first kappa shape index (κ1) is 10.1. The highest BCUT2D eigenvalue weighted by Gasteiger charge is 2.34. The van der Waals surface area contributed by atoms with Crippen LogP contribution in [0.3, 0.4) is 0 Å². The lowest BCUT2D eigenvalue weighted by molar-refractivity contribution is 0.340. The van der Waals surface area contributed by atoms with E-state index >= 15 is 0 Å². The van der Waals surface area contributed by atoms with E-state index in [9.17, 15) is 0 Å². The molecule has 2 saturated heterocycles. The Kier molecular flexibility index (Phi) is 2.56. The van der Waals surface area contributed by atoms with Crippen LogP contribution in [0.2, 0.25) is 0 Å². The normalized spacial score (nSPS) is 29.2. The Morgan fingerprint density at radius 2 is 2.38 bits per heavy atom. The van der Waals surface area contributed by atoms with Crippen molar-refractivity contribution in [3.05, 3.63) is 23.9 Å². The minimum absolute atomic E-state index is 0.691. The minimum atomic E-state index is 0.691. The molecule has 2 aliphatic heterocycles. The van der Waals surface area contributed by atoms with Crippen LogP contribution < -0.4 is 10.2 Å². The van der Waals surface area contributed by atoms with Crippen LogP contribution in [0.25, 0.3) is 0 Å². The third kappa shape index (κ3) is 1.80. The van der Waals surface area contributed by atoms with Crippen LogP contribution in [-0.2, 0) is 0 Å². The van der Waals surface area contributed by atoms with Gasteiger partial charge in [-0.2, -0.15) is 0 Å². The molecule has 3 nitrogen and oxygen atoms in total. The number of nitrogens with zero attached hydrogens (tertiary/aromatic N) is 2. The van der Waals surface area contributed by atoms with Crippen molar-refractivity contribution >= 4 is 5.82 Å². The third-order valence-electron chi connectivity index (χ3n) is 3.82. The molecule has 16 heavy (non-hydrogen) atoms. The Hall–Kier alpha value is -1.09. The van der Waals surface area contributed by atoms with E-state index in [1.165, 1.54) is 31.5 Å². The molecule has 2 fully saturated rings. The number of nitrogens with one attached hydrogen (secondary N) is 1. The van der Waals surface area contributed by atoms with E-state index in [1.807, 2.05) is 6.20 Å². The van der Waals surface area contributed by atoms with Gasteiger partial charge in [-0.3, -0.25) is 0 Å². The molecule has 1 aromatic heterocycles. The molecule has 1 N–H and O–H groups in total. The number of anilines is 1. The zero-order valence-electron chi connectivity index (χ0n) is 9.82. The second kappa shape index (κ2) is 4.06. The van der Waals surface area contributed by atoms with Crippen LogP contribution in [0.15, 0.2) is 18.3 Å². The smallest absolute Gasteiger partial charge is 0.128 e. The maximum Gasteiger partial charge on any atom is 0.128 e. The molecule has 0 spiro atoms. The van der Waals surface area contributed by atoms with E-state index in [4.69, 9.17) is 0 Å². The van der Waals surface area contributed by atoms with Crippen molar-refractivity contribution in [1.29, 1.82) is 0 Å². The standard InChI is InChI=1S/C13H19N3/c1-10-4-6-15-13(7-10)16-8-11-3-2-5-14-12(11)9-16/h4,6-7,11-12,14H,2-3,5,8-9H2,1H3. The Balaban J connectivity index is 1.77. The second-order valence-electron chi connectivity index (χ2n) is 5.06. The molecule has 86 valence electrons. The van der Waals surface area contributed by atoms with E-state index in [0.29, 0.717) is 6.04 Å². The summed E-state index contributed by atoms with van der Waals surface area (Å²) in [5, 5.41) is 3.63. The average Bonchev–Trinajstić information content (AvgIpc) is 2.72. The van der Waals surface area contributed by atoms with Crippen molar-refractivity contribution in [1.82, 2.24) is 10.3 Å². The number of pyridine rings is 1. The molecule has 3 heterocycles. The first-order valence-corrected chi connectivity index (χ1v) is 6.24. The molecular formula is C13H19N3. The van der Waals surface area contributed by atoms with Crippen LogP contribution in [0.4, 0.5) is 5.82 Å². The fourth-order valence-electron chi connectivity index (χ4n) is 2.93. The van der Waals surface area contributed by atoms with Gasteiger partial charge in [-0.15, -0.1) is 0 Å². The molecule has 0 saturated carbocycles. The Morgan fingerprint density at radius 1 is 1.44 bits per heavy atom. The summed E-state index contributed by atoms with van der Waals surface area (Å²) in [5.41, 5.74) is 1.30. The summed E-state index contributed by atoms with van der Waals surface area (Å²) in [6.07, 6.45) is 4.62. The van der Waals surface area contributed by atoms with Crippen molar-refractivity contribution in [2.24, 2.45) is 5.92 Å². The fourth-order valence-corrected chi connectivity index (χ4v) is 2.93. The zero-order valence-corrected chi connectivity index (χ0v) is 9.82. The van der Waals surface area contributed by atoms with Gasteiger partial charge in [0.1, 0.15) is 5.82 Å². The number of hydrogen-bond acceptors (Lipinski definition) is 3. The van der Waals surface area contributed by atoms with E-state index in [2.05, 4.69) is 34.3 Å². The Morgan fingerprint density at radius 3 is 3.19 bits per heavy atom. The third-order valence-corrected chi connectivity index (χ3v) is 3.82. The molecule has 0 aliphatic carbocycles. The highest BCUT2D eigenvalue weighted by Crippen LogP contribution is 2.28. The van der Waals surface area contributed by atoms with Crippen LogP contribution in [0.5, 0.6) is 0 Å². The lowest BCUT2D eigenvalue weighted by Gasteiger charge is -2.24. The SMILES string of the molecule is Cc1ccnc(N2CC3CCCNC3C2)c1. The van der Waals surface area contributed by atoms with Gasteiger partial charge >= 0.3 is 0 Å². The Bertz CT molecular complexity index is 363. The molecule has 3 heteroatoms. The van der Waals surface area contributed by atoms with E-state index in [0.717, 1.165) is 18.3 Å². The topological polar surface area (TPSA) is 28.2 Å². The summed E-state index contributed by atoms with van der Waals surface area (Å²) in [6, 6.07) is 4.94. The van der Waals surface area contributed by atoms with E-state index < -0.39 is 0 Å². The zero-order chi connectivity index (χ0) is 11.0. The van der Waals surface area contributed by atoms with Crippen LogP contribution in [0.1, 0.15) is 18.4 Å². The van der Waals surface area contributed by atoms with Crippen LogP contribution >= 0.6 is 0 Å². The summed E-state index contributed by atoms with van der Waals surface area (Å²) in [6.45, 7) is 5.62. The van der Waals surface area contributed by atoms with Gasteiger partial charge in [-0.1, -0.05) is 0 Å². The number of rotatable bonds is 1. The van der Waals surface area contributed by atoms with Gasteiger partial charge in [-0.05, 0) is 49.9 Å². The number of piperidine rings is 1. The van der Waals surface area contributed by atoms with Crippen molar-refractivity contribution in [3.8, 4) is 0 Å². The van der Waals surface area contributed by atoms with Gasteiger partial charge in [-0.25, -0.2) is 4.98 Å². The summed E-state index contributed by atoms with van der Waals surface area (Å²) in [5.74, 6) is 1.98. The highest BCUT2D eigenvalue weighted by molar-refractivity contribution is 5.42.